The second kappa shape index (κ2) is 7.40. The summed E-state index contributed by atoms with van der Waals surface area (Å²) in [6, 6.07) is 5.67. The van der Waals surface area contributed by atoms with Gasteiger partial charge in [0.25, 0.3) is 0 Å². The molecule has 2 aromatic rings. The van der Waals surface area contributed by atoms with Crippen LogP contribution in [-0.2, 0) is 14.8 Å². The third kappa shape index (κ3) is 3.41. The van der Waals surface area contributed by atoms with E-state index in [1.807, 2.05) is 18.2 Å². The number of carbonyl (C=O) groups is 1. The quantitative estimate of drug-likeness (QED) is 0.654. The Kier molecular flexibility index (Phi) is 5.16. The minimum absolute atomic E-state index is 0.0397. The van der Waals surface area contributed by atoms with E-state index in [0.717, 1.165) is 34.7 Å². The van der Waals surface area contributed by atoms with Crippen molar-refractivity contribution in [3.8, 4) is 0 Å². The number of anilines is 1. The summed E-state index contributed by atoms with van der Waals surface area (Å²) in [4.78, 5) is 19.7. The van der Waals surface area contributed by atoms with Gasteiger partial charge in [-0.25, -0.2) is 17.7 Å². The fraction of sp³-hybridized carbons (Fsp3) is 0.636. The van der Waals surface area contributed by atoms with Gasteiger partial charge in [0.15, 0.2) is 5.13 Å². The molecule has 0 spiro atoms. The first-order chi connectivity index (χ1) is 14.6. The van der Waals surface area contributed by atoms with Crippen LogP contribution in [0.5, 0.6) is 0 Å². The minimum Gasteiger partial charge on any atom is -0.347 e. The Labute approximate surface area is 192 Å². The van der Waals surface area contributed by atoms with Gasteiger partial charge in [0, 0.05) is 43.0 Å². The number of carbonyl (C=O) groups excluding carboxylic acids is 1. The number of thiazole rings is 1. The Hall–Kier alpha value is -1.22. The topological polar surface area (TPSA) is 70.6 Å². The molecule has 168 valence electrons. The van der Waals surface area contributed by atoms with Crippen LogP contribution in [0.4, 0.5) is 5.13 Å². The van der Waals surface area contributed by atoms with E-state index in [0.29, 0.717) is 43.4 Å². The number of nitrogens with zero attached hydrogens (tertiary/aromatic N) is 3. The van der Waals surface area contributed by atoms with Crippen molar-refractivity contribution >= 4 is 54.1 Å². The van der Waals surface area contributed by atoms with Crippen molar-refractivity contribution in [3.63, 3.8) is 0 Å². The number of sulfonamides is 1. The lowest BCUT2D eigenvalue weighted by Gasteiger charge is -2.37. The van der Waals surface area contributed by atoms with Gasteiger partial charge in [0.1, 0.15) is 5.78 Å². The third-order valence-corrected chi connectivity index (χ3v) is 11.3. The minimum atomic E-state index is -3.52. The fourth-order valence-electron chi connectivity index (χ4n) is 5.90. The van der Waals surface area contributed by atoms with Gasteiger partial charge in [0.05, 0.1) is 16.0 Å². The Morgan fingerprint density at radius 1 is 1.23 bits per heavy atom. The van der Waals surface area contributed by atoms with Crippen LogP contribution in [0, 0.1) is 16.7 Å². The summed E-state index contributed by atoms with van der Waals surface area (Å²) in [5.41, 5.74) is -0.0403. The molecule has 0 radical (unpaired) electrons. The van der Waals surface area contributed by atoms with E-state index < -0.39 is 15.4 Å². The Morgan fingerprint density at radius 2 is 2.03 bits per heavy atom. The van der Waals surface area contributed by atoms with E-state index in [1.165, 1.54) is 0 Å². The Morgan fingerprint density at radius 3 is 2.74 bits per heavy atom. The van der Waals surface area contributed by atoms with E-state index in [1.54, 1.807) is 15.6 Å². The molecule has 1 saturated heterocycles. The first kappa shape index (κ1) is 21.6. The molecule has 31 heavy (non-hydrogen) atoms. The van der Waals surface area contributed by atoms with Crippen molar-refractivity contribution in [1.82, 2.24) is 9.29 Å². The molecule has 1 aromatic heterocycles. The maximum absolute atomic E-state index is 13.5. The van der Waals surface area contributed by atoms with Gasteiger partial charge >= 0.3 is 0 Å². The molecule has 6 nitrogen and oxygen atoms in total. The molecule has 3 aliphatic rings. The zero-order valence-electron chi connectivity index (χ0n) is 17.9. The van der Waals surface area contributed by atoms with Crippen LogP contribution in [-0.4, -0.2) is 55.4 Å². The number of hydrogen-bond acceptors (Lipinski definition) is 6. The average molecular weight is 482 g/mol. The van der Waals surface area contributed by atoms with Crippen molar-refractivity contribution in [2.24, 2.45) is 16.7 Å². The summed E-state index contributed by atoms with van der Waals surface area (Å²) in [7, 11) is -3.52. The summed E-state index contributed by atoms with van der Waals surface area (Å²) in [6.45, 7) is 6.46. The van der Waals surface area contributed by atoms with Crippen molar-refractivity contribution in [1.29, 1.82) is 0 Å². The van der Waals surface area contributed by atoms with Crippen LogP contribution in [0.15, 0.2) is 18.2 Å². The molecule has 0 unspecified atom stereocenters. The molecule has 0 amide bonds. The van der Waals surface area contributed by atoms with Gasteiger partial charge in [-0.3, -0.25) is 4.79 Å². The molecule has 2 heterocycles. The van der Waals surface area contributed by atoms with Crippen LogP contribution in [0.1, 0.15) is 39.5 Å². The summed E-state index contributed by atoms with van der Waals surface area (Å²) < 4.78 is 29.6. The zero-order chi connectivity index (χ0) is 22.0. The lowest BCUT2D eigenvalue weighted by atomic mass is 9.70. The molecule has 1 aliphatic heterocycles. The van der Waals surface area contributed by atoms with Crippen LogP contribution < -0.4 is 4.90 Å². The predicted octanol–water partition coefficient (Wildman–Crippen LogP) is 4.19. The molecule has 0 N–H and O–H groups in total. The highest BCUT2D eigenvalue weighted by Gasteiger charge is 2.65. The van der Waals surface area contributed by atoms with Crippen LogP contribution in [0.25, 0.3) is 10.2 Å². The maximum Gasteiger partial charge on any atom is 0.215 e. The third-order valence-electron chi connectivity index (χ3n) is 8.03. The number of benzene rings is 1. The monoisotopic (exact) mass is 481 g/mol. The van der Waals surface area contributed by atoms with Crippen molar-refractivity contribution in [3.05, 3.63) is 23.2 Å². The number of ketones is 1. The highest BCUT2D eigenvalue weighted by molar-refractivity contribution is 7.89. The summed E-state index contributed by atoms with van der Waals surface area (Å²) in [5, 5.41) is 1.59. The van der Waals surface area contributed by atoms with E-state index >= 15 is 0 Å². The smallest absolute Gasteiger partial charge is 0.215 e. The maximum atomic E-state index is 13.5. The van der Waals surface area contributed by atoms with Crippen LogP contribution >= 0.6 is 22.9 Å². The number of aromatic nitrogens is 1. The molecule has 3 fully saturated rings. The lowest BCUT2D eigenvalue weighted by Crippen LogP contribution is -2.47. The lowest BCUT2D eigenvalue weighted by molar-refractivity contribution is -0.128. The van der Waals surface area contributed by atoms with Crippen LogP contribution in [0.3, 0.4) is 0 Å². The van der Waals surface area contributed by atoms with Crippen molar-refractivity contribution in [2.75, 3.05) is 36.8 Å². The molecular formula is C22H28ClN3O3S2. The molecule has 2 aliphatic carbocycles. The van der Waals surface area contributed by atoms with E-state index in [9.17, 15) is 13.2 Å². The molecule has 5 rings (SSSR count). The van der Waals surface area contributed by atoms with Crippen LogP contribution in [0.2, 0.25) is 5.02 Å². The van der Waals surface area contributed by atoms with Gasteiger partial charge < -0.3 is 4.90 Å². The largest absolute Gasteiger partial charge is 0.347 e. The van der Waals surface area contributed by atoms with Gasteiger partial charge in [-0.05, 0) is 48.8 Å². The predicted molar refractivity (Wildman–Crippen MR) is 125 cm³/mol. The highest BCUT2D eigenvalue weighted by Crippen LogP contribution is 2.64. The normalized spacial score (nSPS) is 29.1. The first-order valence-corrected chi connectivity index (χ1v) is 13.7. The second-order valence-corrected chi connectivity index (χ2v) is 13.2. The van der Waals surface area contributed by atoms with E-state index in [4.69, 9.17) is 16.6 Å². The Bertz CT molecular complexity index is 1150. The zero-order valence-corrected chi connectivity index (χ0v) is 20.3. The van der Waals surface area contributed by atoms with E-state index in [2.05, 4.69) is 18.7 Å². The summed E-state index contributed by atoms with van der Waals surface area (Å²) in [6.07, 6.45) is 2.95. The molecule has 2 atom stereocenters. The molecular weight excluding hydrogens is 454 g/mol. The Balaban J connectivity index is 1.33. The second-order valence-electron chi connectivity index (χ2n) is 9.77. The van der Waals surface area contributed by atoms with Gasteiger partial charge in [-0.2, -0.15) is 0 Å². The number of rotatable bonds is 4. The molecule has 2 saturated carbocycles. The average Bonchev–Trinajstić information content (AvgIpc) is 3.15. The number of Topliss-reactive ketones (excluding diaryl/α,β-unsaturated/α-hetero) is 1. The van der Waals surface area contributed by atoms with Gasteiger partial charge in [-0.1, -0.05) is 36.8 Å². The first-order valence-electron chi connectivity index (χ1n) is 10.9. The highest BCUT2D eigenvalue weighted by atomic mass is 35.5. The number of fused-ring (bicyclic) bond motifs is 3. The van der Waals surface area contributed by atoms with Crippen molar-refractivity contribution in [2.45, 2.75) is 39.5 Å². The number of halogens is 1. The number of hydrogen-bond donors (Lipinski definition) is 0. The fourth-order valence-corrected chi connectivity index (χ4v) is 9.44. The van der Waals surface area contributed by atoms with E-state index in [-0.39, 0.29) is 17.0 Å². The SMILES string of the molecule is CC1(C)[C@H]2CC[C@@]1(CS(=O)(=O)N1CCCN(c3nc4ccc(Cl)cc4s3)CC1)C(=O)C2. The van der Waals surface area contributed by atoms with Crippen molar-refractivity contribution < 1.29 is 13.2 Å². The standard InChI is InChI=1S/C22H28ClN3O3S2/c1-21(2)15-6-7-22(21,19(27)12-15)14-31(28,29)26-9-3-8-25(10-11-26)20-24-17-5-4-16(23)13-18(17)30-20/h4-5,13,15H,3,6-12,14H2,1-2H3/t15-,22+/m0/s1. The van der Waals surface area contributed by atoms with Gasteiger partial charge in [0.2, 0.25) is 10.0 Å². The molecule has 9 heteroatoms. The summed E-state index contributed by atoms with van der Waals surface area (Å²) >= 11 is 7.69. The summed E-state index contributed by atoms with van der Waals surface area (Å²) in [5.74, 6) is 0.436. The molecule has 2 bridgehead atoms. The van der Waals surface area contributed by atoms with Gasteiger partial charge in [-0.15, -0.1) is 0 Å². The molecule has 1 aromatic carbocycles.